The van der Waals surface area contributed by atoms with Gasteiger partial charge in [0.1, 0.15) is 0 Å². The second-order valence-electron chi connectivity index (χ2n) is 5.01. The summed E-state index contributed by atoms with van der Waals surface area (Å²) in [4.78, 5) is 23.1. The van der Waals surface area contributed by atoms with E-state index in [1.54, 1.807) is 0 Å². The zero-order chi connectivity index (χ0) is 14.0. The number of rotatable bonds is 9. The molecule has 0 bridgehead atoms. The molecule has 0 radical (unpaired) electrons. The van der Waals surface area contributed by atoms with Gasteiger partial charge in [-0.15, -0.1) is 0 Å². The van der Waals surface area contributed by atoms with E-state index in [4.69, 9.17) is 0 Å². The van der Waals surface area contributed by atoms with Crippen molar-refractivity contribution in [3.05, 3.63) is 0 Å². The predicted octanol–water partition coefficient (Wildman–Crippen LogP) is 2.38. The molecule has 2 N–H and O–H groups in total. The van der Waals surface area contributed by atoms with Crippen molar-refractivity contribution in [1.29, 1.82) is 0 Å². The van der Waals surface area contributed by atoms with E-state index in [9.17, 15) is 9.59 Å². The van der Waals surface area contributed by atoms with Crippen LogP contribution in [-0.4, -0.2) is 23.9 Å². The monoisotopic (exact) mass is 256 g/mol. The number of hydrogen-bond acceptors (Lipinski definition) is 2. The molecule has 0 aromatic rings. The van der Waals surface area contributed by atoms with Crippen LogP contribution in [0.1, 0.15) is 66.2 Å². The molecule has 4 nitrogen and oxygen atoms in total. The van der Waals surface area contributed by atoms with Crippen LogP contribution in [-0.2, 0) is 9.59 Å². The number of amides is 2. The number of carbonyl (C=O) groups excluding carboxylic acids is 2. The van der Waals surface area contributed by atoms with Crippen LogP contribution < -0.4 is 10.6 Å². The van der Waals surface area contributed by atoms with Gasteiger partial charge in [-0.25, -0.2) is 0 Å². The fourth-order valence-corrected chi connectivity index (χ4v) is 1.93. The maximum absolute atomic E-state index is 11.6. The van der Waals surface area contributed by atoms with Crippen molar-refractivity contribution < 1.29 is 9.59 Å². The molecule has 2 atom stereocenters. The molecule has 18 heavy (non-hydrogen) atoms. The molecule has 0 rings (SSSR count). The maximum atomic E-state index is 11.6. The van der Waals surface area contributed by atoms with Crippen LogP contribution >= 0.6 is 0 Å². The van der Waals surface area contributed by atoms with Gasteiger partial charge >= 0.3 is 0 Å². The fraction of sp³-hybridized carbons (Fsp3) is 0.857. The summed E-state index contributed by atoms with van der Waals surface area (Å²) < 4.78 is 0. The lowest BCUT2D eigenvalue weighted by atomic mass is 10.1. The molecule has 4 heteroatoms. The first-order valence-electron chi connectivity index (χ1n) is 7.08. The third kappa shape index (κ3) is 9.02. The highest BCUT2D eigenvalue weighted by molar-refractivity contribution is 5.83. The molecular formula is C14H28N2O2. The van der Waals surface area contributed by atoms with E-state index in [-0.39, 0.29) is 36.7 Å². The highest BCUT2D eigenvalue weighted by Gasteiger charge is 2.10. The van der Waals surface area contributed by atoms with Gasteiger partial charge in [0.05, 0.1) is 0 Å². The summed E-state index contributed by atoms with van der Waals surface area (Å²) in [6.07, 6.45) is 4.61. The van der Waals surface area contributed by atoms with Gasteiger partial charge in [-0.3, -0.25) is 9.59 Å². The lowest BCUT2D eigenvalue weighted by Crippen LogP contribution is -2.35. The molecule has 106 valence electrons. The van der Waals surface area contributed by atoms with Crippen LogP contribution in [0.15, 0.2) is 0 Å². The SMILES string of the molecule is CCCC(C)NC(=O)CCC(=O)NC(C)CCC. The molecule has 0 heterocycles. The van der Waals surface area contributed by atoms with Crippen LogP contribution in [0.3, 0.4) is 0 Å². The normalized spacial score (nSPS) is 13.8. The highest BCUT2D eigenvalue weighted by Crippen LogP contribution is 1.99. The van der Waals surface area contributed by atoms with Crippen LogP contribution in [0.5, 0.6) is 0 Å². The lowest BCUT2D eigenvalue weighted by molar-refractivity contribution is -0.127. The molecule has 0 saturated heterocycles. The fourth-order valence-electron chi connectivity index (χ4n) is 1.93. The van der Waals surface area contributed by atoms with Crippen molar-refractivity contribution >= 4 is 11.8 Å². The molecule has 0 aliphatic carbocycles. The van der Waals surface area contributed by atoms with E-state index < -0.39 is 0 Å². The molecular weight excluding hydrogens is 228 g/mol. The Labute approximate surface area is 111 Å². The second-order valence-corrected chi connectivity index (χ2v) is 5.01. The summed E-state index contributed by atoms with van der Waals surface area (Å²) in [5.74, 6) is -0.0662. The Morgan fingerprint density at radius 1 is 0.833 bits per heavy atom. The van der Waals surface area contributed by atoms with Gasteiger partial charge in [-0.05, 0) is 26.7 Å². The summed E-state index contributed by atoms with van der Waals surface area (Å²) in [6.45, 7) is 8.16. The molecule has 2 amide bonds. The second kappa shape index (κ2) is 9.92. The minimum atomic E-state index is -0.0331. The first kappa shape index (κ1) is 16.9. The average molecular weight is 256 g/mol. The number of nitrogens with one attached hydrogen (secondary N) is 2. The Morgan fingerprint density at radius 3 is 1.44 bits per heavy atom. The molecule has 0 aliphatic heterocycles. The largest absolute Gasteiger partial charge is 0.354 e. The Morgan fingerprint density at radius 2 is 1.17 bits per heavy atom. The smallest absolute Gasteiger partial charge is 0.220 e. The van der Waals surface area contributed by atoms with E-state index in [2.05, 4.69) is 24.5 Å². The van der Waals surface area contributed by atoms with Gasteiger partial charge in [0.2, 0.25) is 11.8 Å². The molecule has 0 aromatic heterocycles. The van der Waals surface area contributed by atoms with E-state index >= 15 is 0 Å². The Bertz CT molecular complexity index is 228. The van der Waals surface area contributed by atoms with Crippen molar-refractivity contribution in [2.24, 2.45) is 0 Å². The predicted molar refractivity (Wildman–Crippen MR) is 74.3 cm³/mol. The van der Waals surface area contributed by atoms with Crippen LogP contribution in [0, 0.1) is 0 Å². The Hall–Kier alpha value is -1.06. The molecule has 0 spiro atoms. The van der Waals surface area contributed by atoms with Crippen molar-refractivity contribution in [2.75, 3.05) is 0 Å². The summed E-state index contributed by atoms with van der Waals surface area (Å²) in [7, 11) is 0. The molecule has 0 fully saturated rings. The highest BCUT2D eigenvalue weighted by atomic mass is 16.2. The Balaban J connectivity index is 3.74. The molecule has 0 saturated carbocycles. The van der Waals surface area contributed by atoms with E-state index in [1.807, 2.05) is 13.8 Å². The average Bonchev–Trinajstić information content (AvgIpc) is 2.27. The van der Waals surface area contributed by atoms with Crippen LogP contribution in [0.4, 0.5) is 0 Å². The molecule has 0 aliphatic rings. The zero-order valence-corrected chi connectivity index (χ0v) is 12.2. The number of hydrogen-bond donors (Lipinski definition) is 2. The van der Waals surface area contributed by atoms with Gasteiger partial charge in [0.25, 0.3) is 0 Å². The third-order valence-electron chi connectivity index (χ3n) is 2.84. The first-order valence-corrected chi connectivity index (χ1v) is 7.08. The summed E-state index contributed by atoms with van der Waals surface area (Å²) in [6, 6.07) is 0.397. The summed E-state index contributed by atoms with van der Waals surface area (Å²) >= 11 is 0. The van der Waals surface area contributed by atoms with E-state index in [1.165, 1.54) is 0 Å². The zero-order valence-electron chi connectivity index (χ0n) is 12.2. The summed E-state index contributed by atoms with van der Waals surface area (Å²) in [5, 5.41) is 5.79. The standard InChI is InChI=1S/C14H28N2O2/c1-5-7-11(3)15-13(17)9-10-14(18)16-12(4)8-6-2/h11-12H,5-10H2,1-4H3,(H,15,17)(H,16,18). The van der Waals surface area contributed by atoms with Gasteiger partial charge in [-0.1, -0.05) is 26.7 Å². The molecule has 0 aromatic carbocycles. The third-order valence-corrected chi connectivity index (χ3v) is 2.84. The summed E-state index contributed by atoms with van der Waals surface area (Å²) in [5.41, 5.74) is 0. The molecule has 2 unspecified atom stereocenters. The van der Waals surface area contributed by atoms with Crippen molar-refractivity contribution in [1.82, 2.24) is 10.6 Å². The number of carbonyl (C=O) groups is 2. The quantitative estimate of drug-likeness (QED) is 0.665. The topological polar surface area (TPSA) is 58.2 Å². The Kier molecular flexibility index (Phi) is 9.33. The minimum absolute atomic E-state index is 0.0331. The van der Waals surface area contributed by atoms with Crippen molar-refractivity contribution in [3.8, 4) is 0 Å². The van der Waals surface area contributed by atoms with E-state index in [0.29, 0.717) is 0 Å². The maximum Gasteiger partial charge on any atom is 0.220 e. The van der Waals surface area contributed by atoms with Gasteiger partial charge in [0, 0.05) is 24.9 Å². The first-order chi connectivity index (χ1) is 8.49. The lowest BCUT2D eigenvalue weighted by Gasteiger charge is -2.14. The van der Waals surface area contributed by atoms with Gasteiger partial charge in [0.15, 0.2) is 0 Å². The van der Waals surface area contributed by atoms with Crippen molar-refractivity contribution in [3.63, 3.8) is 0 Å². The van der Waals surface area contributed by atoms with Gasteiger partial charge < -0.3 is 10.6 Å². The van der Waals surface area contributed by atoms with Crippen LogP contribution in [0.2, 0.25) is 0 Å². The van der Waals surface area contributed by atoms with Gasteiger partial charge in [-0.2, -0.15) is 0 Å². The minimum Gasteiger partial charge on any atom is -0.354 e. The van der Waals surface area contributed by atoms with E-state index in [0.717, 1.165) is 25.7 Å². The van der Waals surface area contributed by atoms with Crippen LogP contribution in [0.25, 0.3) is 0 Å². The van der Waals surface area contributed by atoms with Crippen molar-refractivity contribution in [2.45, 2.75) is 78.3 Å².